The van der Waals surface area contributed by atoms with Crippen molar-refractivity contribution in [1.82, 2.24) is 15.0 Å². The van der Waals surface area contributed by atoms with Crippen LogP contribution in [-0.4, -0.2) is 20.1 Å². The van der Waals surface area contributed by atoms with E-state index in [1.54, 1.807) is 23.9 Å². The van der Waals surface area contributed by atoms with E-state index in [0.717, 1.165) is 11.3 Å². The Morgan fingerprint density at radius 2 is 2.00 bits per heavy atom. The van der Waals surface area contributed by atoms with Crippen molar-refractivity contribution < 1.29 is 9.50 Å². The highest BCUT2D eigenvalue weighted by atomic mass is 19.1. The summed E-state index contributed by atoms with van der Waals surface area (Å²) < 4.78 is 14.3. The first-order chi connectivity index (χ1) is 7.70. The molecule has 0 bridgehead atoms. The Morgan fingerprint density at radius 1 is 1.31 bits per heavy atom. The predicted molar refractivity (Wildman–Crippen MR) is 56.1 cm³/mol. The molecule has 1 N–H and O–H groups in total. The predicted octanol–water partition coefficient (Wildman–Crippen LogP) is 1.04. The first kappa shape index (κ1) is 10.8. The van der Waals surface area contributed by atoms with Crippen molar-refractivity contribution >= 4 is 0 Å². The van der Waals surface area contributed by atoms with E-state index in [1.807, 2.05) is 0 Å². The second-order valence-electron chi connectivity index (χ2n) is 3.57. The fraction of sp³-hybridized carbons (Fsp3) is 0.273. The number of aliphatic hydroxyl groups is 1. The maximum atomic E-state index is 12.7. The Bertz CT molecular complexity index is 478. The number of aryl methyl sites for hydroxylation is 1. The molecule has 0 spiro atoms. The van der Waals surface area contributed by atoms with E-state index in [2.05, 4.69) is 10.3 Å². The molecule has 2 aromatic rings. The van der Waals surface area contributed by atoms with Gasteiger partial charge in [-0.3, -0.25) is 4.68 Å². The molecule has 0 unspecified atom stereocenters. The fourth-order valence-electron chi connectivity index (χ4n) is 1.55. The number of hydrogen-bond donors (Lipinski definition) is 1. The smallest absolute Gasteiger partial charge is 0.123 e. The van der Waals surface area contributed by atoms with Gasteiger partial charge in [0.15, 0.2) is 0 Å². The molecule has 0 amide bonds. The van der Waals surface area contributed by atoms with Gasteiger partial charge in [-0.05, 0) is 17.7 Å². The van der Waals surface area contributed by atoms with Crippen LogP contribution < -0.4 is 0 Å². The van der Waals surface area contributed by atoms with Gasteiger partial charge in [0.25, 0.3) is 0 Å². The van der Waals surface area contributed by atoms with Gasteiger partial charge in [-0.2, -0.15) is 0 Å². The fourth-order valence-corrected chi connectivity index (χ4v) is 1.55. The third kappa shape index (κ3) is 2.09. The van der Waals surface area contributed by atoms with Crippen molar-refractivity contribution in [3.05, 3.63) is 47.0 Å². The van der Waals surface area contributed by atoms with Gasteiger partial charge < -0.3 is 5.11 Å². The Kier molecular flexibility index (Phi) is 2.96. The van der Waals surface area contributed by atoms with E-state index in [1.165, 1.54) is 12.1 Å². The Hall–Kier alpha value is -1.75. The summed E-state index contributed by atoms with van der Waals surface area (Å²) >= 11 is 0. The van der Waals surface area contributed by atoms with Crippen molar-refractivity contribution in [2.75, 3.05) is 0 Å². The van der Waals surface area contributed by atoms with Crippen molar-refractivity contribution in [1.29, 1.82) is 0 Å². The van der Waals surface area contributed by atoms with Gasteiger partial charge in [0.05, 0.1) is 12.3 Å². The number of aliphatic hydroxyl groups excluding tert-OH is 1. The van der Waals surface area contributed by atoms with E-state index in [-0.39, 0.29) is 12.4 Å². The van der Waals surface area contributed by atoms with Gasteiger partial charge in [0.1, 0.15) is 11.5 Å². The number of rotatable bonds is 3. The molecule has 0 saturated heterocycles. The molecule has 0 atom stereocenters. The maximum Gasteiger partial charge on any atom is 0.123 e. The monoisotopic (exact) mass is 221 g/mol. The van der Waals surface area contributed by atoms with Crippen LogP contribution in [0.25, 0.3) is 0 Å². The SMILES string of the molecule is Cn1nnc(CO)c1Cc1ccc(F)cc1. The molecule has 0 aliphatic heterocycles. The molecule has 5 heteroatoms. The summed E-state index contributed by atoms with van der Waals surface area (Å²) in [6.07, 6.45) is 0.583. The Balaban J connectivity index is 2.26. The lowest BCUT2D eigenvalue weighted by Gasteiger charge is -2.03. The molecule has 0 aliphatic carbocycles. The third-order valence-electron chi connectivity index (χ3n) is 2.46. The molecular weight excluding hydrogens is 209 g/mol. The lowest BCUT2D eigenvalue weighted by atomic mass is 10.1. The summed E-state index contributed by atoms with van der Waals surface area (Å²) in [6.45, 7) is -0.135. The second-order valence-corrected chi connectivity index (χ2v) is 3.57. The van der Waals surface area contributed by atoms with Gasteiger partial charge >= 0.3 is 0 Å². The molecule has 1 aromatic heterocycles. The zero-order valence-electron chi connectivity index (χ0n) is 8.89. The summed E-state index contributed by atoms with van der Waals surface area (Å²) in [7, 11) is 1.77. The summed E-state index contributed by atoms with van der Waals surface area (Å²) in [6, 6.07) is 6.25. The minimum absolute atomic E-state index is 0.135. The van der Waals surface area contributed by atoms with Gasteiger partial charge in [0, 0.05) is 13.5 Å². The van der Waals surface area contributed by atoms with Crippen LogP contribution in [0.2, 0.25) is 0 Å². The first-order valence-electron chi connectivity index (χ1n) is 4.93. The first-order valence-corrected chi connectivity index (χ1v) is 4.93. The van der Waals surface area contributed by atoms with Crippen LogP contribution in [0.4, 0.5) is 4.39 Å². The molecule has 84 valence electrons. The van der Waals surface area contributed by atoms with Gasteiger partial charge in [-0.1, -0.05) is 17.3 Å². The summed E-state index contributed by atoms with van der Waals surface area (Å²) in [5.41, 5.74) is 2.36. The number of nitrogens with zero attached hydrogens (tertiary/aromatic N) is 3. The van der Waals surface area contributed by atoms with Crippen molar-refractivity contribution in [3.63, 3.8) is 0 Å². The molecule has 16 heavy (non-hydrogen) atoms. The standard InChI is InChI=1S/C11H12FN3O/c1-15-11(10(7-16)13-14-15)6-8-2-4-9(12)5-3-8/h2-5,16H,6-7H2,1H3. The van der Waals surface area contributed by atoms with Gasteiger partial charge in [-0.25, -0.2) is 4.39 Å². The molecule has 1 heterocycles. The zero-order chi connectivity index (χ0) is 11.5. The zero-order valence-corrected chi connectivity index (χ0v) is 8.89. The minimum atomic E-state index is -0.255. The van der Waals surface area contributed by atoms with Crippen LogP contribution >= 0.6 is 0 Å². The quantitative estimate of drug-likeness (QED) is 0.842. The molecule has 0 fully saturated rings. The second kappa shape index (κ2) is 4.40. The van der Waals surface area contributed by atoms with Gasteiger partial charge in [-0.15, -0.1) is 5.10 Å². The van der Waals surface area contributed by atoms with Crippen LogP contribution in [0.3, 0.4) is 0 Å². The van der Waals surface area contributed by atoms with E-state index in [9.17, 15) is 4.39 Å². The van der Waals surface area contributed by atoms with E-state index in [0.29, 0.717) is 12.1 Å². The molecule has 1 aromatic carbocycles. The van der Waals surface area contributed by atoms with Crippen LogP contribution in [0, 0.1) is 5.82 Å². The van der Waals surface area contributed by atoms with Crippen LogP contribution in [0.15, 0.2) is 24.3 Å². The lowest BCUT2D eigenvalue weighted by molar-refractivity contribution is 0.275. The number of hydrogen-bond acceptors (Lipinski definition) is 3. The molecular formula is C11H12FN3O. The highest BCUT2D eigenvalue weighted by Gasteiger charge is 2.10. The number of benzene rings is 1. The molecule has 0 radical (unpaired) electrons. The lowest BCUT2D eigenvalue weighted by Crippen LogP contribution is -2.02. The van der Waals surface area contributed by atoms with E-state index in [4.69, 9.17) is 5.11 Å². The largest absolute Gasteiger partial charge is 0.390 e. The topological polar surface area (TPSA) is 50.9 Å². The van der Waals surface area contributed by atoms with E-state index >= 15 is 0 Å². The normalized spacial score (nSPS) is 10.7. The summed E-state index contributed by atoms with van der Waals surface area (Å²) in [5.74, 6) is -0.255. The summed E-state index contributed by atoms with van der Waals surface area (Å²) in [4.78, 5) is 0. The molecule has 4 nitrogen and oxygen atoms in total. The van der Waals surface area contributed by atoms with Crippen LogP contribution in [0.1, 0.15) is 17.0 Å². The average Bonchev–Trinajstić information content (AvgIpc) is 2.63. The molecule has 2 rings (SSSR count). The third-order valence-corrected chi connectivity index (χ3v) is 2.46. The molecule has 0 saturated carbocycles. The van der Waals surface area contributed by atoms with Crippen LogP contribution in [-0.2, 0) is 20.1 Å². The van der Waals surface area contributed by atoms with Crippen molar-refractivity contribution in [2.45, 2.75) is 13.0 Å². The van der Waals surface area contributed by atoms with Crippen molar-refractivity contribution in [3.8, 4) is 0 Å². The number of aromatic nitrogens is 3. The highest BCUT2D eigenvalue weighted by molar-refractivity contribution is 5.24. The highest BCUT2D eigenvalue weighted by Crippen LogP contribution is 2.12. The average molecular weight is 221 g/mol. The van der Waals surface area contributed by atoms with E-state index < -0.39 is 0 Å². The number of halogens is 1. The summed E-state index contributed by atoms with van der Waals surface area (Å²) in [5, 5.41) is 16.7. The van der Waals surface area contributed by atoms with Crippen LogP contribution in [0.5, 0.6) is 0 Å². The minimum Gasteiger partial charge on any atom is -0.390 e. The van der Waals surface area contributed by atoms with Gasteiger partial charge in [0.2, 0.25) is 0 Å². The molecule has 0 aliphatic rings. The Labute approximate surface area is 92.3 Å². The Morgan fingerprint density at radius 3 is 2.62 bits per heavy atom. The maximum absolute atomic E-state index is 12.7. The van der Waals surface area contributed by atoms with Crippen molar-refractivity contribution in [2.24, 2.45) is 7.05 Å².